The second-order valence-corrected chi connectivity index (χ2v) is 4.85. The number of benzene rings is 1. The summed E-state index contributed by atoms with van der Waals surface area (Å²) in [4.78, 5) is 24.6. The largest absolute Gasteiger partial charge is 0.459 e. The molecule has 0 aliphatic carbocycles. The predicted molar refractivity (Wildman–Crippen MR) is 86.7 cm³/mol. The van der Waals surface area contributed by atoms with Crippen molar-refractivity contribution in [3.05, 3.63) is 36.1 Å². The highest BCUT2D eigenvalue weighted by molar-refractivity contribution is 5.86. The molecule has 2 rings (SSSR count). The van der Waals surface area contributed by atoms with Gasteiger partial charge in [0.15, 0.2) is 0 Å². The van der Waals surface area contributed by atoms with E-state index in [0.29, 0.717) is 5.76 Å². The maximum absolute atomic E-state index is 12.0. The summed E-state index contributed by atoms with van der Waals surface area (Å²) in [5.41, 5.74) is 5.96. The average molecular weight is 326 g/mol. The van der Waals surface area contributed by atoms with Gasteiger partial charge >= 0.3 is 0 Å². The van der Waals surface area contributed by atoms with E-state index in [-0.39, 0.29) is 43.4 Å². The van der Waals surface area contributed by atoms with E-state index < -0.39 is 0 Å². The fourth-order valence-electron chi connectivity index (χ4n) is 1.99. The molecular weight excluding hydrogens is 306 g/mol. The van der Waals surface area contributed by atoms with Crippen molar-refractivity contribution in [1.82, 2.24) is 10.2 Å². The van der Waals surface area contributed by atoms with Gasteiger partial charge in [-0.2, -0.15) is 0 Å². The first-order chi connectivity index (χ1) is 10.0. The van der Waals surface area contributed by atoms with Gasteiger partial charge in [0.2, 0.25) is 11.8 Å². The van der Waals surface area contributed by atoms with Crippen molar-refractivity contribution in [2.45, 2.75) is 13.0 Å². The van der Waals surface area contributed by atoms with Crippen LogP contribution < -0.4 is 11.1 Å². The minimum Gasteiger partial charge on any atom is -0.459 e. The lowest BCUT2D eigenvalue weighted by atomic mass is 10.2. The Hall–Kier alpha value is -2.05. The van der Waals surface area contributed by atoms with Gasteiger partial charge in [-0.25, -0.2) is 0 Å². The highest BCUT2D eigenvalue weighted by atomic mass is 35.5. The third-order valence-electron chi connectivity index (χ3n) is 3.45. The first kappa shape index (κ1) is 18.0. The second-order valence-electron chi connectivity index (χ2n) is 4.85. The molecule has 0 saturated heterocycles. The smallest absolute Gasteiger partial charge is 0.242 e. The molecule has 0 aliphatic rings. The van der Waals surface area contributed by atoms with Crippen molar-refractivity contribution in [1.29, 1.82) is 0 Å². The van der Waals surface area contributed by atoms with Crippen molar-refractivity contribution < 1.29 is 14.0 Å². The molecule has 0 aliphatic heterocycles. The number of carbonyl (C=O) groups is 2. The zero-order valence-electron chi connectivity index (χ0n) is 12.5. The second kappa shape index (κ2) is 7.82. The number of nitrogens with one attached hydrogen (secondary N) is 1. The van der Waals surface area contributed by atoms with Crippen molar-refractivity contribution >= 4 is 35.2 Å². The highest BCUT2D eigenvalue weighted by Gasteiger charge is 2.20. The maximum Gasteiger partial charge on any atom is 0.242 e. The monoisotopic (exact) mass is 325 g/mol. The van der Waals surface area contributed by atoms with E-state index in [1.807, 2.05) is 37.3 Å². The number of hydrogen-bond donors (Lipinski definition) is 2. The predicted octanol–water partition coefficient (Wildman–Crippen LogP) is 1.45. The average Bonchev–Trinajstić information content (AvgIpc) is 2.94. The summed E-state index contributed by atoms with van der Waals surface area (Å²) < 4.78 is 5.75. The van der Waals surface area contributed by atoms with E-state index in [0.717, 1.165) is 11.0 Å². The van der Waals surface area contributed by atoms with Gasteiger partial charge in [0, 0.05) is 12.4 Å². The van der Waals surface area contributed by atoms with E-state index in [1.165, 1.54) is 4.90 Å². The van der Waals surface area contributed by atoms with Crippen LogP contribution in [0.3, 0.4) is 0 Å². The van der Waals surface area contributed by atoms with Crippen LogP contribution in [0.25, 0.3) is 11.0 Å². The summed E-state index contributed by atoms with van der Waals surface area (Å²) in [7, 11) is 1.68. The molecule has 0 fully saturated rings. The van der Waals surface area contributed by atoms with Gasteiger partial charge in [0.1, 0.15) is 11.3 Å². The summed E-state index contributed by atoms with van der Waals surface area (Å²) in [6.07, 6.45) is 0. The molecule has 22 heavy (non-hydrogen) atoms. The summed E-state index contributed by atoms with van der Waals surface area (Å²) in [6.45, 7) is 1.67. The number of nitrogens with two attached hydrogens (primary N) is 1. The van der Waals surface area contributed by atoms with Gasteiger partial charge in [-0.15, -0.1) is 12.4 Å². The first-order valence-corrected chi connectivity index (χ1v) is 6.74. The molecule has 6 nitrogen and oxygen atoms in total. The van der Waals surface area contributed by atoms with Crippen LogP contribution >= 0.6 is 12.4 Å². The Morgan fingerprint density at radius 2 is 2.05 bits per heavy atom. The molecule has 2 aromatic rings. The number of carbonyl (C=O) groups excluding carboxylic acids is 2. The lowest BCUT2D eigenvalue weighted by molar-refractivity contribution is -0.133. The van der Waals surface area contributed by atoms with Gasteiger partial charge in [0.25, 0.3) is 0 Å². The number of rotatable bonds is 5. The highest BCUT2D eigenvalue weighted by Crippen LogP contribution is 2.26. The molecule has 1 aromatic heterocycles. The molecule has 0 saturated carbocycles. The molecule has 0 radical (unpaired) electrons. The Kier molecular flexibility index (Phi) is 6.39. The molecule has 0 spiro atoms. The van der Waals surface area contributed by atoms with Gasteiger partial charge < -0.3 is 20.4 Å². The van der Waals surface area contributed by atoms with Gasteiger partial charge in [0.05, 0.1) is 19.1 Å². The van der Waals surface area contributed by atoms with E-state index in [9.17, 15) is 9.59 Å². The fourth-order valence-corrected chi connectivity index (χ4v) is 1.99. The molecule has 7 heteroatoms. The van der Waals surface area contributed by atoms with Crippen molar-refractivity contribution in [3.63, 3.8) is 0 Å². The summed E-state index contributed by atoms with van der Waals surface area (Å²) >= 11 is 0. The van der Waals surface area contributed by atoms with Crippen LogP contribution in [0.5, 0.6) is 0 Å². The zero-order valence-corrected chi connectivity index (χ0v) is 13.4. The zero-order chi connectivity index (χ0) is 15.4. The van der Waals surface area contributed by atoms with Gasteiger partial charge in [-0.05, 0) is 19.1 Å². The number of amides is 2. The molecule has 1 heterocycles. The molecule has 2 amide bonds. The standard InChI is InChI=1S/C15H19N3O3.ClH/c1-10(18(2)15(20)9-17-14(19)8-16)13-7-11-5-3-4-6-12(11)21-13;/h3-7,10H,8-9,16H2,1-2H3,(H,17,19);1H. The van der Waals surface area contributed by atoms with E-state index >= 15 is 0 Å². The Labute approximate surface area is 135 Å². The van der Waals surface area contributed by atoms with Crippen LogP contribution in [0, 0.1) is 0 Å². The topological polar surface area (TPSA) is 88.6 Å². The SMILES string of the molecule is CC(c1cc2ccccc2o1)N(C)C(=O)CNC(=O)CN.Cl. The Morgan fingerprint density at radius 3 is 2.68 bits per heavy atom. The molecule has 1 aromatic carbocycles. The molecule has 0 bridgehead atoms. The Balaban J connectivity index is 0.00000242. The fraction of sp³-hybridized carbons (Fsp3) is 0.333. The molecule has 3 N–H and O–H groups in total. The van der Waals surface area contributed by atoms with Crippen molar-refractivity contribution in [3.8, 4) is 0 Å². The lowest BCUT2D eigenvalue weighted by Gasteiger charge is -2.23. The number of hydrogen-bond acceptors (Lipinski definition) is 4. The lowest BCUT2D eigenvalue weighted by Crippen LogP contribution is -2.41. The number of furan rings is 1. The maximum atomic E-state index is 12.0. The van der Waals surface area contributed by atoms with Gasteiger partial charge in [-0.1, -0.05) is 18.2 Å². The minimum absolute atomic E-state index is 0. The van der Waals surface area contributed by atoms with Crippen LogP contribution in [-0.2, 0) is 9.59 Å². The van der Waals surface area contributed by atoms with E-state index in [2.05, 4.69) is 5.32 Å². The number of likely N-dealkylation sites (N-methyl/N-ethyl adjacent to an activating group) is 1. The van der Waals surface area contributed by atoms with Crippen LogP contribution in [-0.4, -0.2) is 36.9 Å². The third kappa shape index (κ3) is 3.99. The molecule has 120 valence electrons. The molecule has 1 unspecified atom stereocenters. The normalized spacial score (nSPS) is 11.6. The van der Waals surface area contributed by atoms with Gasteiger partial charge in [-0.3, -0.25) is 9.59 Å². The van der Waals surface area contributed by atoms with Crippen molar-refractivity contribution in [2.24, 2.45) is 5.73 Å². The number of halogens is 1. The first-order valence-electron chi connectivity index (χ1n) is 6.74. The molecular formula is C15H20ClN3O3. The Morgan fingerprint density at radius 1 is 1.36 bits per heavy atom. The van der Waals surface area contributed by atoms with Crippen LogP contribution in [0.1, 0.15) is 18.7 Å². The van der Waals surface area contributed by atoms with Crippen LogP contribution in [0.2, 0.25) is 0 Å². The van der Waals surface area contributed by atoms with Crippen molar-refractivity contribution in [2.75, 3.05) is 20.1 Å². The van der Waals surface area contributed by atoms with Crippen LogP contribution in [0.15, 0.2) is 34.7 Å². The Bertz CT molecular complexity index is 623. The summed E-state index contributed by atoms with van der Waals surface area (Å²) in [5, 5.41) is 3.46. The van der Waals surface area contributed by atoms with E-state index in [1.54, 1.807) is 7.05 Å². The molecule has 1 atom stereocenters. The quantitative estimate of drug-likeness (QED) is 0.870. The number of nitrogens with zero attached hydrogens (tertiary/aromatic N) is 1. The summed E-state index contributed by atoms with van der Waals surface area (Å²) in [6, 6.07) is 9.37. The third-order valence-corrected chi connectivity index (χ3v) is 3.45. The van der Waals surface area contributed by atoms with Crippen LogP contribution in [0.4, 0.5) is 0 Å². The van der Waals surface area contributed by atoms with E-state index in [4.69, 9.17) is 10.2 Å². The number of fused-ring (bicyclic) bond motifs is 1. The minimum atomic E-state index is -0.354. The summed E-state index contributed by atoms with van der Waals surface area (Å²) in [5.74, 6) is 0.148. The number of para-hydroxylation sites is 1.